The van der Waals surface area contributed by atoms with Gasteiger partial charge < -0.3 is 64.4 Å². The Morgan fingerprint density at radius 3 is 0.793 bits per heavy atom. The predicted octanol–water partition coefficient (Wildman–Crippen LogP) is 16.7. The van der Waals surface area contributed by atoms with Gasteiger partial charge in [0.15, 0.2) is 0 Å². The van der Waals surface area contributed by atoms with Gasteiger partial charge in [-0.05, 0) is 226 Å². The van der Waals surface area contributed by atoms with E-state index in [0.717, 1.165) is 120 Å². The van der Waals surface area contributed by atoms with Gasteiger partial charge in [-0.2, -0.15) is 0 Å². The molecule has 4 N–H and O–H groups in total. The van der Waals surface area contributed by atoms with E-state index >= 15 is 0 Å². The maximum atomic E-state index is 5.28. The van der Waals surface area contributed by atoms with Crippen LogP contribution in [0.25, 0.3) is 0 Å². The Morgan fingerprint density at radius 2 is 0.609 bits per heavy atom. The summed E-state index contributed by atoms with van der Waals surface area (Å²) in [5.74, 6) is 6.91. The van der Waals surface area contributed by atoms with Crippen molar-refractivity contribution in [3.8, 4) is 0 Å². The van der Waals surface area contributed by atoms with E-state index in [4.69, 9.17) is 28.4 Å². The summed E-state index contributed by atoms with van der Waals surface area (Å²) >= 11 is 0. The molecule has 0 unspecified atom stereocenters. The summed E-state index contributed by atoms with van der Waals surface area (Å²) in [4.78, 5) is 7.08. The molecule has 13 heteroatoms. The topological polar surface area (TPSA) is 113 Å². The molecule has 6 atom stereocenters. The van der Waals surface area contributed by atoms with E-state index < -0.39 is 0 Å². The first-order chi connectivity index (χ1) is 44.5. The third-order valence-electron chi connectivity index (χ3n) is 20.1. The lowest BCUT2D eigenvalue weighted by atomic mass is 9.88. The molecule has 0 aromatic heterocycles. The number of likely N-dealkylation sites (tertiary alicyclic amines) is 2. The van der Waals surface area contributed by atoms with Gasteiger partial charge in [0.1, 0.15) is 0 Å². The molecule has 10 heterocycles. The quantitative estimate of drug-likeness (QED) is 0.185. The molecular weight excluding hydrogens is 1140 g/mol. The average molecular weight is 1310 g/mol. The van der Waals surface area contributed by atoms with Gasteiger partial charge in [0.05, 0.1) is 50.8 Å². The monoisotopic (exact) mass is 1310 g/mol. The number of nitrogens with one attached hydrogen (secondary N) is 4. The van der Waals surface area contributed by atoms with Crippen molar-refractivity contribution in [2.75, 3.05) is 166 Å². The standard InChI is InChI=1S/3C7H14.2C6H13N.C6H12O.C5H12N2.C5H11NO.2C5H11N.C5H10O2.2C5H10O.C5H10/c3*1-7-5-3-2-4-6-7;1-6-2-4-7-5-3-6;1-7-5-3-2-4-6-7;1-6-4-2-3-5-7-6;1-7-4-2-6-3-5-7;1-5-4-6-2-3-7-5;1-5-2-3-6-4-5;1-6-4-2-3-5-6;1-5-4-6-2-3-7-5;1-5-2-3-6-4-5;1-5-3-2-4-6-5;1-5-3-2-4-5/h3*7H,2-6H2,1H3;6-7H,2-5H2,1H3;2-6H2,1H3;2*6H,2-5H2,1H3;5-6H,2-4H2,1H3;5-6H,2-4H2,1H3;2-5H2,1H3;5H,2-4H2,1H3;2*5H,2-4H2,1H3;5H,2-4H2,1H3/t;;;;;6-;;2*5-;;3*5-;/m.....0.00.000./s1. The zero-order valence-electron chi connectivity index (χ0n) is 64.3. The molecule has 13 nitrogen and oxygen atoms in total. The van der Waals surface area contributed by atoms with Crippen molar-refractivity contribution in [2.24, 2.45) is 41.4 Å². The molecule has 0 radical (unpaired) electrons. The summed E-state index contributed by atoms with van der Waals surface area (Å²) < 4.78 is 30.9. The maximum Gasteiger partial charge on any atom is 0.0781 e. The van der Waals surface area contributed by atoms with E-state index in [1.807, 2.05) is 6.92 Å². The molecule has 4 saturated carbocycles. The number of morpholine rings is 1. The molecule has 552 valence electrons. The number of likely N-dealkylation sites (N-methyl/N-ethyl adjacent to an activating group) is 1. The van der Waals surface area contributed by atoms with E-state index in [-0.39, 0.29) is 0 Å². The van der Waals surface area contributed by atoms with Crippen molar-refractivity contribution >= 4 is 0 Å². The normalized spacial score (nSPS) is 28.9. The average Bonchev–Trinajstić information content (AvgIpc) is 4.51. The lowest BCUT2D eigenvalue weighted by molar-refractivity contribution is -0.0797. The molecule has 14 fully saturated rings. The predicted molar refractivity (Wildman–Crippen MR) is 399 cm³/mol. The fraction of sp³-hybridized carbons (Fsp3) is 1.00. The van der Waals surface area contributed by atoms with E-state index in [2.05, 4.69) is 126 Å². The van der Waals surface area contributed by atoms with Gasteiger partial charge in [-0.3, -0.25) is 0 Å². The number of hydrogen-bond acceptors (Lipinski definition) is 13. The first-order valence-corrected chi connectivity index (χ1v) is 40.0. The Morgan fingerprint density at radius 1 is 0.228 bits per heavy atom. The van der Waals surface area contributed by atoms with Gasteiger partial charge in [-0.15, -0.1) is 0 Å². The second kappa shape index (κ2) is 65.1. The van der Waals surface area contributed by atoms with E-state index in [0.29, 0.717) is 24.4 Å². The summed E-state index contributed by atoms with van der Waals surface area (Å²) in [7, 11) is 6.52. The lowest BCUT2D eigenvalue weighted by Crippen LogP contribution is -2.40. The fourth-order valence-electron chi connectivity index (χ4n) is 12.6. The van der Waals surface area contributed by atoms with Crippen molar-refractivity contribution in [3.63, 3.8) is 0 Å². The molecule has 10 saturated heterocycles. The van der Waals surface area contributed by atoms with Crippen LogP contribution in [0.3, 0.4) is 0 Å². The van der Waals surface area contributed by atoms with Crippen LogP contribution in [0.15, 0.2) is 0 Å². The van der Waals surface area contributed by atoms with Gasteiger partial charge >= 0.3 is 0 Å². The highest BCUT2D eigenvalue weighted by atomic mass is 16.6. The number of nitrogens with zero attached hydrogens (tertiary/aromatic N) is 3. The van der Waals surface area contributed by atoms with Gasteiger partial charge in [0, 0.05) is 65.7 Å². The molecule has 14 rings (SSSR count). The van der Waals surface area contributed by atoms with Gasteiger partial charge in [0.25, 0.3) is 0 Å². The van der Waals surface area contributed by atoms with Gasteiger partial charge in [-0.1, -0.05) is 170 Å². The molecule has 0 aromatic rings. The SMILES string of the molecule is CC1CCC1.CC1CCCCC1.CC1CCCCC1.CC1CCCCC1.CC1CCNCC1.CN1CCCC1.CN1CCCCC1.CN1CCNCC1.C[C@H]1CCCCO1.C[C@H]1CCCO1.C[C@H]1CCNC1.C[C@H]1CCOC1.C[C@H]1CNCCO1.C[C@H]1COCCO1. The summed E-state index contributed by atoms with van der Waals surface area (Å²) in [5.41, 5.74) is 0. The van der Waals surface area contributed by atoms with Crippen molar-refractivity contribution in [2.45, 2.75) is 306 Å². The van der Waals surface area contributed by atoms with Gasteiger partial charge in [0.2, 0.25) is 0 Å². The highest BCUT2D eigenvalue weighted by Crippen LogP contribution is 2.25. The molecule has 14 aliphatic rings. The highest BCUT2D eigenvalue weighted by Gasteiger charge is 2.13. The third kappa shape index (κ3) is 63.0. The third-order valence-corrected chi connectivity index (χ3v) is 20.1. The molecule has 4 aliphatic carbocycles. The highest BCUT2D eigenvalue weighted by molar-refractivity contribution is 4.68. The second-order valence-electron chi connectivity index (χ2n) is 30.8. The number of piperidine rings is 2. The van der Waals surface area contributed by atoms with Crippen LogP contribution in [0.4, 0.5) is 0 Å². The minimum absolute atomic E-state index is 0.314. The summed E-state index contributed by atoms with van der Waals surface area (Å²) in [6.07, 6.45) is 47.5. The summed E-state index contributed by atoms with van der Waals surface area (Å²) in [6.45, 7) is 48.7. The molecule has 10 aliphatic heterocycles. The van der Waals surface area contributed by atoms with Crippen LogP contribution in [0, 0.1) is 41.4 Å². The molecule has 0 amide bonds. The first kappa shape index (κ1) is 89.5. The van der Waals surface area contributed by atoms with Crippen molar-refractivity contribution in [3.05, 3.63) is 0 Å². The summed E-state index contributed by atoms with van der Waals surface area (Å²) in [5, 5.41) is 13.1. The smallest absolute Gasteiger partial charge is 0.0781 e. The number of rotatable bonds is 0. The first-order valence-electron chi connectivity index (χ1n) is 40.0. The Balaban J connectivity index is 0.000000496. The van der Waals surface area contributed by atoms with Crippen LogP contribution in [-0.2, 0) is 28.4 Å². The Bertz CT molecular complexity index is 1130. The number of piperazine rings is 1. The lowest BCUT2D eigenvalue weighted by Gasteiger charge is -2.21. The van der Waals surface area contributed by atoms with Crippen LogP contribution in [0.5, 0.6) is 0 Å². The fourth-order valence-corrected chi connectivity index (χ4v) is 12.6. The van der Waals surface area contributed by atoms with Crippen LogP contribution < -0.4 is 21.3 Å². The van der Waals surface area contributed by atoms with E-state index in [1.54, 1.807) is 0 Å². The largest absolute Gasteiger partial charge is 0.381 e. The minimum Gasteiger partial charge on any atom is -0.381 e. The minimum atomic E-state index is 0.314. The second-order valence-corrected chi connectivity index (χ2v) is 30.8. The van der Waals surface area contributed by atoms with Crippen molar-refractivity contribution in [1.82, 2.24) is 36.0 Å². The Hall–Kier alpha value is -0.520. The molecule has 0 bridgehead atoms. The van der Waals surface area contributed by atoms with Gasteiger partial charge in [-0.25, -0.2) is 0 Å². The van der Waals surface area contributed by atoms with Crippen LogP contribution >= 0.6 is 0 Å². The van der Waals surface area contributed by atoms with Crippen molar-refractivity contribution < 1.29 is 28.4 Å². The molecule has 92 heavy (non-hydrogen) atoms. The van der Waals surface area contributed by atoms with Crippen LogP contribution in [0.1, 0.15) is 282 Å². The molecular formula is C79H165N7O6. The maximum absolute atomic E-state index is 5.28. The van der Waals surface area contributed by atoms with E-state index in [9.17, 15) is 0 Å². The zero-order chi connectivity index (χ0) is 67.3. The van der Waals surface area contributed by atoms with Crippen LogP contribution in [-0.4, -0.2) is 205 Å². The van der Waals surface area contributed by atoms with E-state index in [1.165, 1.54) is 271 Å². The Kier molecular flexibility index (Phi) is 63.3. The summed E-state index contributed by atoms with van der Waals surface area (Å²) in [6, 6.07) is 0. The Labute approximate surface area is 574 Å². The molecule has 0 spiro atoms. The van der Waals surface area contributed by atoms with Crippen LogP contribution in [0.2, 0.25) is 0 Å². The van der Waals surface area contributed by atoms with Crippen molar-refractivity contribution in [1.29, 1.82) is 0 Å². The zero-order valence-corrected chi connectivity index (χ0v) is 64.3. The number of hydrogen-bond donors (Lipinski definition) is 4. The number of ether oxygens (including phenoxy) is 6. The molecule has 0 aromatic carbocycles.